The lowest BCUT2D eigenvalue weighted by Gasteiger charge is -2.23. The zero-order valence-corrected chi connectivity index (χ0v) is 10.6. The Labute approximate surface area is 107 Å². The molecular weight excluding hydrogens is 224 g/mol. The molecular formula is C15H18N2O. The highest BCUT2D eigenvalue weighted by molar-refractivity contribution is 5.24. The summed E-state index contributed by atoms with van der Waals surface area (Å²) in [4.78, 5) is 4.42. The summed E-state index contributed by atoms with van der Waals surface area (Å²) in [6.07, 6.45) is 7.10. The van der Waals surface area contributed by atoms with Crippen LogP contribution in [0.2, 0.25) is 0 Å². The van der Waals surface area contributed by atoms with Crippen molar-refractivity contribution in [3.63, 3.8) is 0 Å². The second-order valence-corrected chi connectivity index (χ2v) is 4.89. The molecule has 2 heterocycles. The number of furan rings is 1. The van der Waals surface area contributed by atoms with E-state index < -0.39 is 0 Å². The molecule has 0 aliphatic heterocycles. The normalized spacial score (nSPS) is 18.6. The van der Waals surface area contributed by atoms with Crippen LogP contribution in [0.25, 0.3) is 0 Å². The maximum absolute atomic E-state index is 5.51. The molecule has 0 bridgehead atoms. The zero-order valence-electron chi connectivity index (χ0n) is 10.6. The molecule has 0 saturated heterocycles. The third kappa shape index (κ3) is 2.18. The minimum Gasteiger partial charge on any atom is -0.469 e. The Balaban J connectivity index is 1.71. The molecule has 0 saturated carbocycles. The van der Waals surface area contributed by atoms with Gasteiger partial charge in [-0.2, -0.15) is 0 Å². The molecule has 3 rings (SSSR count). The molecule has 94 valence electrons. The van der Waals surface area contributed by atoms with Crippen LogP contribution in [0.4, 0.5) is 0 Å². The lowest BCUT2D eigenvalue weighted by Crippen LogP contribution is -2.24. The third-order valence-electron chi connectivity index (χ3n) is 3.69. The van der Waals surface area contributed by atoms with Gasteiger partial charge in [0.15, 0.2) is 0 Å². The Bertz CT molecular complexity index is 533. The van der Waals surface area contributed by atoms with E-state index in [4.69, 9.17) is 4.42 Å². The first-order chi connectivity index (χ1) is 8.84. The van der Waals surface area contributed by atoms with Crippen molar-refractivity contribution in [1.29, 1.82) is 0 Å². The predicted molar refractivity (Wildman–Crippen MR) is 70.2 cm³/mol. The summed E-state index contributed by atoms with van der Waals surface area (Å²) in [7, 11) is 0. The van der Waals surface area contributed by atoms with Crippen LogP contribution < -0.4 is 5.32 Å². The number of hydrogen-bond acceptors (Lipinski definition) is 3. The van der Waals surface area contributed by atoms with Crippen LogP contribution in [0.1, 0.15) is 41.5 Å². The van der Waals surface area contributed by atoms with Gasteiger partial charge in [0.1, 0.15) is 5.76 Å². The van der Waals surface area contributed by atoms with E-state index in [1.807, 2.05) is 12.3 Å². The van der Waals surface area contributed by atoms with Crippen molar-refractivity contribution < 1.29 is 4.42 Å². The van der Waals surface area contributed by atoms with Crippen molar-refractivity contribution >= 4 is 0 Å². The lowest BCUT2D eigenvalue weighted by molar-refractivity contribution is 0.409. The summed E-state index contributed by atoms with van der Waals surface area (Å²) in [6, 6.07) is 6.59. The van der Waals surface area contributed by atoms with Gasteiger partial charge < -0.3 is 9.73 Å². The first kappa shape index (κ1) is 11.5. The summed E-state index contributed by atoms with van der Waals surface area (Å²) in [6.45, 7) is 2.93. The maximum atomic E-state index is 5.51. The van der Waals surface area contributed by atoms with Crippen LogP contribution >= 0.6 is 0 Å². The van der Waals surface area contributed by atoms with Gasteiger partial charge in [0.05, 0.1) is 12.0 Å². The molecule has 0 fully saturated rings. The van der Waals surface area contributed by atoms with Crippen LogP contribution in [0.5, 0.6) is 0 Å². The SMILES string of the molecule is Cc1cccnc1CNC1CCCc2occc21. The second kappa shape index (κ2) is 4.94. The Kier molecular flexibility index (Phi) is 3.15. The Morgan fingerprint density at radius 2 is 2.39 bits per heavy atom. The summed E-state index contributed by atoms with van der Waals surface area (Å²) >= 11 is 0. The molecule has 0 radical (unpaired) electrons. The molecule has 3 nitrogen and oxygen atoms in total. The van der Waals surface area contributed by atoms with Crippen molar-refractivity contribution in [3.8, 4) is 0 Å². The largest absolute Gasteiger partial charge is 0.469 e. The zero-order chi connectivity index (χ0) is 12.4. The van der Waals surface area contributed by atoms with Gasteiger partial charge in [-0.05, 0) is 37.5 Å². The van der Waals surface area contributed by atoms with E-state index in [2.05, 4.69) is 29.4 Å². The fourth-order valence-electron chi connectivity index (χ4n) is 2.62. The average molecular weight is 242 g/mol. The average Bonchev–Trinajstić information content (AvgIpc) is 2.86. The van der Waals surface area contributed by atoms with Crippen LogP contribution in [0.15, 0.2) is 35.1 Å². The highest BCUT2D eigenvalue weighted by Gasteiger charge is 2.22. The monoisotopic (exact) mass is 242 g/mol. The van der Waals surface area contributed by atoms with Gasteiger partial charge in [-0.1, -0.05) is 6.07 Å². The molecule has 0 amide bonds. The number of aryl methyl sites for hydroxylation is 2. The number of fused-ring (bicyclic) bond motifs is 1. The number of pyridine rings is 1. The molecule has 1 aliphatic rings. The maximum Gasteiger partial charge on any atom is 0.108 e. The molecule has 2 aromatic rings. The molecule has 1 atom stereocenters. The van der Waals surface area contributed by atoms with Crippen molar-refractivity contribution in [2.75, 3.05) is 0 Å². The van der Waals surface area contributed by atoms with E-state index in [0.29, 0.717) is 6.04 Å². The van der Waals surface area contributed by atoms with Gasteiger partial charge in [-0.15, -0.1) is 0 Å². The van der Waals surface area contributed by atoms with E-state index in [1.54, 1.807) is 6.26 Å². The Morgan fingerprint density at radius 3 is 3.28 bits per heavy atom. The number of rotatable bonds is 3. The highest BCUT2D eigenvalue weighted by atomic mass is 16.3. The second-order valence-electron chi connectivity index (χ2n) is 4.89. The van der Waals surface area contributed by atoms with Gasteiger partial charge in [-0.25, -0.2) is 0 Å². The number of nitrogens with zero attached hydrogens (tertiary/aromatic N) is 1. The van der Waals surface area contributed by atoms with E-state index in [-0.39, 0.29) is 0 Å². The van der Waals surface area contributed by atoms with Gasteiger partial charge in [-0.3, -0.25) is 4.98 Å². The van der Waals surface area contributed by atoms with E-state index >= 15 is 0 Å². The molecule has 0 spiro atoms. The van der Waals surface area contributed by atoms with Crippen LogP contribution in [0.3, 0.4) is 0 Å². The standard InChI is InChI=1S/C15H18N2O/c1-11-4-3-8-16-14(11)10-17-13-5-2-6-15-12(13)7-9-18-15/h3-4,7-9,13,17H,2,5-6,10H2,1H3. The van der Waals surface area contributed by atoms with Gasteiger partial charge in [0.2, 0.25) is 0 Å². The van der Waals surface area contributed by atoms with Crippen molar-refractivity contribution in [1.82, 2.24) is 10.3 Å². The third-order valence-corrected chi connectivity index (χ3v) is 3.69. The van der Waals surface area contributed by atoms with Crippen molar-refractivity contribution in [2.24, 2.45) is 0 Å². The van der Waals surface area contributed by atoms with Crippen LogP contribution in [-0.2, 0) is 13.0 Å². The molecule has 1 N–H and O–H groups in total. The first-order valence-electron chi connectivity index (χ1n) is 6.55. The van der Waals surface area contributed by atoms with Crippen molar-refractivity contribution in [3.05, 3.63) is 53.2 Å². The van der Waals surface area contributed by atoms with E-state index in [0.717, 1.165) is 24.4 Å². The van der Waals surface area contributed by atoms with Crippen molar-refractivity contribution in [2.45, 2.75) is 38.8 Å². The molecule has 1 aliphatic carbocycles. The van der Waals surface area contributed by atoms with E-state index in [9.17, 15) is 0 Å². The van der Waals surface area contributed by atoms with Gasteiger partial charge in [0, 0.05) is 30.8 Å². The molecule has 2 aromatic heterocycles. The summed E-state index contributed by atoms with van der Waals surface area (Å²) in [5.74, 6) is 1.15. The molecule has 18 heavy (non-hydrogen) atoms. The predicted octanol–water partition coefficient (Wildman–Crippen LogP) is 3.15. The minimum absolute atomic E-state index is 0.411. The van der Waals surface area contributed by atoms with Gasteiger partial charge in [0.25, 0.3) is 0 Å². The highest BCUT2D eigenvalue weighted by Crippen LogP contribution is 2.30. The number of hydrogen-bond donors (Lipinski definition) is 1. The molecule has 3 heteroatoms. The van der Waals surface area contributed by atoms with Crippen LogP contribution in [0, 0.1) is 6.92 Å². The minimum atomic E-state index is 0.411. The smallest absolute Gasteiger partial charge is 0.108 e. The quantitative estimate of drug-likeness (QED) is 0.898. The fourth-order valence-corrected chi connectivity index (χ4v) is 2.62. The first-order valence-corrected chi connectivity index (χ1v) is 6.55. The summed E-state index contributed by atoms with van der Waals surface area (Å²) in [5, 5.41) is 3.60. The van der Waals surface area contributed by atoms with E-state index in [1.165, 1.54) is 24.0 Å². The Hall–Kier alpha value is -1.61. The number of nitrogens with one attached hydrogen (secondary N) is 1. The Morgan fingerprint density at radius 1 is 1.44 bits per heavy atom. The van der Waals surface area contributed by atoms with Crippen LogP contribution in [-0.4, -0.2) is 4.98 Å². The molecule has 0 aromatic carbocycles. The summed E-state index contributed by atoms with van der Waals surface area (Å²) < 4.78 is 5.51. The lowest BCUT2D eigenvalue weighted by atomic mass is 9.93. The number of aromatic nitrogens is 1. The summed E-state index contributed by atoms with van der Waals surface area (Å²) in [5.41, 5.74) is 3.70. The molecule has 1 unspecified atom stereocenters. The fraction of sp³-hybridized carbons (Fsp3) is 0.400. The van der Waals surface area contributed by atoms with Gasteiger partial charge >= 0.3 is 0 Å². The topological polar surface area (TPSA) is 38.1 Å².